The standard InChI is InChI=1S/C12H12BrFN2O2/c1-15-4-5-16(7-11(15)17)12(18)9-6-8(14)2-3-10(9)13/h2-3,6H,4-5,7H2,1H3. The largest absolute Gasteiger partial charge is 0.342 e. The van der Waals surface area contributed by atoms with E-state index >= 15 is 0 Å². The van der Waals surface area contributed by atoms with E-state index in [0.717, 1.165) is 0 Å². The van der Waals surface area contributed by atoms with Crippen molar-refractivity contribution >= 4 is 27.7 Å². The lowest BCUT2D eigenvalue weighted by atomic mass is 10.1. The van der Waals surface area contributed by atoms with Crippen LogP contribution in [0.5, 0.6) is 0 Å². The maximum absolute atomic E-state index is 13.1. The smallest absolute Gasteiger partial charge is 0.255 e. The molecule has 0 saturated carbocycles. The van der Waals surface area contributed by atoms with Gasteiger partial charge in [-0.1, -0.05) is 0 Å². The van der Waals surface area contributed by atoms with Crippen molar-refractivity contribution in [3.05, 3.63) is 34.1 Å². The summed E-state index contributed by atoms with van der Waals surface area (Å²) in [4.78, 5) is 26.7. The summed E-state index contributed by atoms with van der Waals surface area (Å²) in [6.07, 6.45) is 0. The van der Waals surface area contributed by atoms with E-state index in [2.05, 4.69) is 15.9 Å². The summed E-state index contributed by atoms with van der Waals surface area (Å²) < 4.78 is 13.7. The van der Waals surface area contributed by atoms with E-state index in [9.17, 15) is 14.0 Å². The van der Waals surface area contributed by atoms with Crippen molar-refractivity contribution in [1.29, 1.82) is 0 Å². The van der Waals surface area contributed by atoms with Gasteiger partial charge in [0.15, 0.2) is 0 Å². The van der Waals surface area contributed by atoms with Gasteiger partial charge in [-0.05, 0) is 34.1 Å². The Balaban J connectivity index is 2.21. The van der Waals surface area contributed by atoms with Crippen molar-refractivity contribution in [2.45, 2.75) is 0 Å². The SMILES string of the molecule is CN1CCN(C(=O)c2cc(F)ccc2Br)CC1=O. The third-order valence-corrected chi connectivity index (χ3v) is 3.59. The number of carbonyl (C=O) groups is 2. The van der Waals surface area contributed by atoms with E-state index < -0.39 is 5.82 Å². The van der Waals surface area contributed by atoms with Crippen LogP contribution in [0.15, 0.2) is 22.7 Å². The Morgan fingerprint density at radius 3 is 2.78 bits per heavy atom. The normalized spacial score (nSPS) is 16.1. The molecule has 0 atom stereocenters. The molecule has 0 aromatic heterocycles. The molecule has 2 rings (SSSR count). The molecule has 1 aromatic carbocycles. The Morgan fingerprint density at radius 1 is 1.39 bits per heavy atom. The Labute approximate surface area is 112 Å². The minimum absolute atomic E-state index is 0.0400. The lowest BCUT2D eigenvalue weighted by Gasteiger charge is -2.32. The number of piperazine rings is 1. The van der Waals surface area contributed by atoms with Gasteiger partial charge in [-0.2, -0.15) is 0 Å². The molecule has 0 bridgehead atoms. The van der Waals surface area contributed by atoms with E-state index in [-0.39, 0.29) is 23.9 Å². The van der Waals surface area contributed by atoms with Gasteiger partial charge in [-0.25, -0.2) is 4.39 Å². The molecule has 1 aromatic rings. The molecule has 1 fully saturated rings. The highest BCUT2D eigenvalue weighted by atomic mass is 79.9. The van der Waals surface area contributed by atoms with Gasteiger partial charge in [0.25, 0.3) is 5.91 Å². The minimum Gasteiger partial charge on any atom is -0.342 e. The molecule has 18 heavy (non-hydrogen) atoms. The number of hydrogen-bond acceptors (Lipinski definition) is 2. The summed E-state index contributed by atoms with van der Waals surface area (Å²) in [6.45, 7) is 1.000. The van der Waals surface area contributed by atoms with Crippen LogP contribution >= 0.6 is 15.9 Å². The number of carbonyl (C=O) groups excluding carboxylic acids is 2. The van der Waals surface area contributed by atoms with E-state index in [1.807, 2.05) is 0 Å². The first-order valence-electron chi connectivity index (χ1n) is 5.47. The fraction of sp³-hybridized carbons (Fsp3) is 0.333. The van der Waals surface area contributed by atoms with Crippen LogP contribution in [-0.4, -0.2) is 48.3 Å². The van der Waals surface area contributed by atoms with Crippen molar-refractivity contribution < 1.29 is 14.0 Å². The highest BCUT2D eigenvalue weighted by molar-refractivity contribution is 9.10. The maximum Gasteiger partial charge on any atom is 0.255 e. The molecule has 0 aliphatic carbocycles. The zero-order chi connectivity index (χ0) is 13.3. The van der Waals surface area contributed by atoms with Gasteiger partial charge < -0.3 is 9.80 Å². The summed E-state index contributed by atoms with van der Waals surface area (Å²) in [5.41, 5.74) is 0.243. The van der Waals surface area contributed by atoms with Crippen molar-refractivity contribution in [2.24, 2.45) is 0 Å². The Hall–Kier alpha value is -1.43. The molecule has 2 amide bonds. The fourth-order valence-corrected chi connectivity index (χ4v) is 2.18. The third kappa shape index (κ3) is 2.53. The highest BCUT2D eigenvalue weighted by Crippen LogP contribution is 2.20. The summed E-state index contributed by atoms with van der Waals surface area (Å²) in [5, 5.41) is 0. The zero-order valence-corrected chi connectivity index (χ0v) is 11.4. The number of nitrogens with zero attached hydrogens (tertiary/aromatic N) is 2. The molecule has 1 heterocycles. The van der Waals surface area contributed by atoms with Gasteiger partial charge >= 0.3 is 0 Å². The molecule has 0 spiro atoms. The monoisotopic (exact) mass is 314 g/mol. The van der Waals surface area contributed by atoms with Crippen molar-refractivity contribution in [3.63, 3.8) is 0 Å². The highest BCUT2D eigenvalue weighted by Gasteiger charge is 2.26. The van der Waals surface area contributed by atoms with Crippen LogP contribution in [0.3, 0.4) is 0 Å². The van der Waals surface area contributed by atoms with E-state index in [4.69, 9.17) is 0 Å². The first-order chi connectivity index (χ1) is 8.49. The number of amides is 2. The molecule has 6 heteroatoms. The van der Waals surface area contributed by atoms with E-state index in [1.54, 1.807) is 11.9 Å². The molecule has 1 aliphatic heterocycles. The topological polar surface area (TPSA) is 40.6 Å². The quantitative estimate of drug-likeness (QED) is 0.788. The summed E-state index contributed by atoms with van der Waals surface area (Å²) in [5.74, 6) is -0.910. The first-order valence-corrected chi connectivity index (χ1v) is 6.26. The summed E-state index contributed by atoms with van der Waals surface area (Å²) in [7, 11) is 1.70. The number of hydrogen-bond donors (Lipinski definition) is 0. The lowest BCUT2D eigenvalue weighted by molar-refractivity contribution is -0.133. The number of rotatable bonds is 1. The molecule has 0 N–H and O–H groups in total. The molecule has 4 nitrogen and oxygen atoms in total. The average molecular weight is 315 g/mol. The molecule has 96 valence electrons. The van der Waals surface area contributed by atoms with Gasteiger partial charge in [0.1, 0.15) is 12.4 Å². The van der Waals surface area contributed by atoms with E-state index in [1.165, 1.54) is 23.1 Å². The first kappa shape index (κ1) is 13.0. The van der Waals surface area contributed by atoms with Crippen molar-refractivity contribution in [1.82, 2.24) is 9.80 Å². The molecule has 1 saturated heterocycles. The zero-order valence-electron chi connectivity index (χ0n) is 9.82. The van der Waals surface area contributed by atoms with Gasteiger partial charge in [0.2, 0.25) is 5.91 Å². The number of benzene rings is 1. The van der Waals surface area contributed by atoms with Gasteiger partial charge in [-0.15, -0.1) is 0 Å². The lowest BCUT2D eigenvalue weighted by Crippen LogP contribution is -2.50. The number of likely N-dealkylation sites (N-methyl/N-ethyl adjacent to an activating group) is 1. The van der Waals surface area contributed by atoms with Crippen LogP contribution < -0.4 is 0 Å². The molecular formula is C12H12BrFN2O2. The third-order valence-electron chi connectivity index (χ3n) is 2.90. The minimum atomic E-state index is -0.470. The van der Waals surface area contributed by atoms with Gasteiger partial charge in [0, 0.05) is 24.6 Å². The second-order valence-corrected chi connectivity index (χ2v) is 5.02. The van der Waals surface area contributed by atoms with Crippen LogP contribution in [0.2, 0.25) is 0 Å². The predicted octanol–water partition coefficient (Wildman–Crippen LogP) is 1.50. The van der Waals surface area contributed by atoms with Crippen molar-refractivity contribution in [3.8, 4) is 0 Å². The second-order valence-electron chi connectivity index (χ2n) is 4.17. The van der Waals surface area contributed by atoms with Crippen LogP contribution in [0.25, 0.3) is 0 Å². The molecule has 1 aliphatic rings. The fourth-order valence-electron chi connectivity index (χ4n) is 1.76. The predicted molar refractivity (Wildman–Crippen MR) is 67.6 cm³/mol. The molecule has 0 unspecified atom stereocenters. The number of halogens is 2. The van der Waals surface area contributed by atoms with Crippen LogP contribution in [0.1, 0.15) is 10.4 Å². The van der Waals surface area contributed by atoms with Crippen LogP contribution in [-0.2, 0) is 4.79 Å². The Morgan fingerprint density at radius 2 is 2.11 bits per heavy atom. The van der Waals surface area contributed by atoms with Crippen LogP contribution in [0.4, 0.5) is 4.39 Å². The van der Waals surface area contributed by atoms with Crippen LogP contribution in [0, 0.1) is 5.82 Å². The Bertz CT molecular complexity index is 507. The average Bonchev–Trinajstić information content (AvgIpc) is 2.35. The summed E-state index contributed by atoms with van der Waals surface area (Å²) >= 11 is 3.22. The molecular weight excluding hydrogens is 303 g/mol. The van der Waals surface area contributed by atoms with Gasteiger partial charge in [-0.3, -0.25) is 9.59 Å². The maximum atomic E-state index is 13.1. The van der Waals surface area contributed by atoms with Gasteiger partial charge in [0.05, 0.1) is 5.56 Å². The Kier molecular flexibility index (Phi) is 3.65. The summed E-state index contributed by atoms with van der Waals surface area (Å²) in [6, 6.07) is 3.94. The van der Waals surface area contributed by atoms with Crippen molar-refractivity contribution in [2.75, 3.05) is 26.7 Å². The van der Waals surface area contributed by atoms with E-state index in [0.29, 0.717) is 17.6 Å². The second kappa shape index (κ2) is 5.06. The molecule has 0 radical (unpaired) electrons.